The fourth-order valence-corrected chi connectivity index (χ4v) is 4.31. The van der Waals surface area contributed by atoms with Gasteiger partial charge in [0.15, 0.2) is 10.7 Å². The van der Waals surface area contributed by atoms with E-state index in [9.17, 15) is 10.0 Å². The summed E-state index contributed by atoms with van der Waals surface area (Å²) in [6.45, 7) is 0. The molecule has 0 fully saturated rings. The van der Waals surface area contributed by atoms with Crippen LogP contribution in [0.15, 0.2) is 48.9 Å². The van der Waals surface area contributed by atoms with Crippen LogP contribution in [0.1, 0.15) is 33.1 Å². The van der Waals surface area contributed by atoms with Crippen molar-refractivity contribution in [1.82, 2.24) is 15.0 Å². The van der Waals surface area contributed by atoms with E-state index >= 15 is 0 Å². The number of hydrogen-bond acceptors (Lipinski definition) is 6. The molecule has 1 N–H and O–H groups in total. The first-order chi connectivity index (χ1) is 12.5. The summed E-state index contributed by atoms with van der Waals surface area (Å²) in [5.41, 5.74) is 1.09. The molecule has 0 spiro atoms. The van der Waals surface area contributed by atoms with Gasteiger partial charge in [0.25, 0.3) is 11.5 Å². The Bertz CT molecular complexity index is 981. The van der Waals surface area contributed by atoms with Crippen molar-refractivity contribution < 1.29 is 14.6 Å². The zero-order valence-corrected chi connectivity index (χ0v) is 15.6. The van der Waals surface area contributed by atoms with Crippen molar-refractivity contribution in [2.24, 2.45) is 0 Å². The highest BCUT2D eigenvalue weighted by Crippen LogP contribution is 2.33. The number of hydroxylamine groups is 2. The van der Waals surface area contributed by atoms with Crippen LogP contribution in [-0.4, -0.2) is 26.0 Å². The van der Waals surface area contributed by atoms with Gasteiger partial charge in [-0.05, 0) is 23.8 Å². The maximum absolute atomic E-state index is 13.0. The van der Waals surface area contributed by atoms with Crippen LogP contribution in [0.25, 0.3) is 0 Å². The minimum Gasteiger partial charge on any atom is -0.307 e. The SMILES string of the molecule is O=C1c2cccc[n+]2C(Cc2cnc(Cl)s2)N(O)C1c1ccnc(Cl)c1. The van der Waals surface area contributed by atoms with Crippen LogP contribution in [0.3, 0.4) is 0 Å². The van der Waals surface area contributed by atoms with Crippen molar-refractivity contribution in [3.05, 3.63) is 74.7 Å². The first-order valence-corrected chi connectivity index (χ1v) is 9.35. The molecule has 9 heteroatoms. The van der Waals surface area contributed by atoms with Crippen molar-refractivity contribution >= 4 is 40.3 Å². The van der Waals surface area contributed by atoms with Crippen LogP contribution in [-0.2, 0) is 6.42 Å². The summed E-state index contributed by atoms with van der Waals surface area (Å²) in [6, 6.07) is 7.77. The lowest BCUT2D eigenvalue weighted by Gasteiger charge is -2.32. The van der Waals surface area contributed by atoms with E-state index in [0.717, 1.165) is 9.94 Å². The summed E-state index contributed by atoms with van der Waals surface area (Å²) < 4.78 is 2.20. The van der Waals surface area contributed by atoms with Crippen LogP contribution in [0, 0.1) is 0 Å². The van der Waals surface area contributed by atoms with Gasteiger partial charge in [-0.15, -0.1) is 16.4 Å². The molecule has 0 aliphatic carbocycles. The Balaban J connectivity index is 1.80. The Morgan fingerprint density at radius 3 is 2.85 bits per heavy atom. The average molecular weight is 408 g/mol. The molecule has 4 heterocycles. The molecule has 1 aliphatic heterocycles. The van der Waals surface area contributed by atoms with Crippen molar-refractivity contribution in [3.63, 3.8) is 0 Å². The molecule has 6 nitrogen and oxygen atoms in total. The molecule has 2 unspecified atom stereocenters. The Morgan fingerprint density at radius 1 is 1.27 bits per heavy atom. The summed E-state index contributed by atoms with van der Waals surface area (Å²) in [5, 5.41) is 12.3. The van der Waals surface area contributed by atoms with Crippen LogP contribution in [0.4, 0.5) is 0 Å². The molecule has 2 atom stereocenters. The van der Waals surface area contributed by atoms with E-state index in [1.54, 1.807) is 41.2 Å². The molecular weight excluding hydrogens is 395 g/mol. The van der Waals surface area contributed by atoms with E-state index in [0.29, 0.717) is 22.1 Å². The number of Topliss-reactive ketones (excluding diaryl/α,β-unsaturated/α-hetero) is 1. The second kappa shape index (κ2) is 7.02. The highest BCUT2D eigenvalue weighted by Gasteiger charge is 2.46. The van der Waals surface area contributed by atoms with Gasteiger partial charge >= 0.3 is 0 Å². The lowest BCUT2D eigenvalue weighted by molar-refractivity contribution is -0.764. The van der Waals surface area contributed by atoms with Gasteiger partial charge in [0.05, 0.1) is 6.42 Å². The molecule has 26 heavy (non-hydrogen) atoms. The quantitative estimate of drug-likeness (QED) is 0.531. The first kappa shape index (κ1) is 17.5. The maximum Gasteiger partial charge on any atom is 0.252 e. The van der Waals surface area contributed by atoms with Gasteiger partial charge in [-0.3, -0.25) is 4.79 Å². The van der Waals surface area contributed by atoms with E-state index in [-0.39, 0.29) is 10.9 Å². The molecule has 0 amide bonds. The van der Waals surface area contributed by atoms with E-state index in [1.165, 1.54) is 17.5 Å². The molecule has 3 aromatic rings. The number of fused-ring (bicyclic) bond motifs is 1. The number of thiazole rings is 1. The third-order valence-corrected chi connectivity index (χ3v) is 5.60. The van der Waals surface area contributed by atoms with Gasteiger partial charge in [-0.1, -0.05) is 23.2 Å². The minimum atomic E-state index is -0.869. The fourth-order valence-electron chi connectivity index (χ4n) is 3.13. The van der Waals surface area contributed by atoms with E-state index in [1.807, 2.05) is 6.07 Å². The molecular formula is C17H13Cl2N4O2S+. The molecule has 0 bridgehead atoms. The summed E-state index contributed by atoms with van der Waals surface area (Å²) in [5.74, 6) is -0.214. The summed E-state index contributed by atoms with van der Waals surface area (Å²) in [4.78, 5) is 21.9. The zero-order chi connectivity index (χ0) is 18.3. The molecule has 1 aliphatic rings. The number of carbonyl (C=O) groups is 1. The first-order valence-electron chi connectivity index (χ1n) is 7.78. The van der Waals surface area contributed by atoms with Gasteiger partial charge < -0.3 is 5.21 Å². The van der Waals surface area contributed by atoms with E-state index in [2.05, 4.69) is 9.97 Å². The minimum absolute atomic E-state index is 0.214. The third-order valence-electron chi connectivity index (χ3n) is 4.26. The van der Waals surface area contributed by atoms with Crippen LogP contribution in [0.2, 0.25) is 9.62 Å². The molecule has 132 valence electrons. The fraction of sp³-hybridized carbons (Fsp3) is 0.176. The van der Waals surface area contributed by atoms with E-state index in [4.69, 9.17) is 23.2 Å². The Morgan fingerprint density at radius 2 is 2.12 bits per heavy atom. The number of aromatic nitrogens is 3. The molecule has 0 saturated heterocycles. The van der Waals surface area contributed by atoms with Crippen LogP contribution < -0.4 is 4.57 Å². The second-order valence-corrected chi connectivity index (χ2v) is 7.90. The van der Waals surface area contributed by atoms with Gasteiger partial charge in [-0.2, -0.15) is 4.57 Å². The number of hydrogen-bond donors (Lipinski definition) is 1. The lowest BCUT2D eigenvalue weighted by atomic mass is 9.97. The Labute approximate surface area is 163 Å². The zero-order valence-electron chi connectivity index (χ0n) is 13.3. The number of rotatable bonds is 3. The number of nitrogens with zero attached hydrogens (tertiary/aromatic N) is 4. The number of pyridine rings is 2. The van der Waals surface area contributed by atoms with E-state index < -0.39 is 12.2 Å². The van der Waals surface area contributed by atoms with Crippen LogP contribution >= 0.6 is 34.5 Å². The summed E-state index contributed by atoms with van der Waals surface area (Å²) >= 11 is 13.3. The Kier molecular flexibility index (Phi) is 4.73. The van der Waals surface area contributed by atoms with Gasteiger partial charge in [0, 0.05) is 29.4 Å². The predicted molar refractivity (Wildman–Crippen MR) is 96.4 cm³/mol. The van der Waals surface area contributed by atoms with Gasteiger partial charge in [-0.25, -0.2) is 9.97 Å². The topological polar surface area (TPSA) is 70.2 Å². The van der Waals surface area contributed by atoms with Gasteiger partial charge in [0.1, 0.15) is 11.2 Å². The standard InChI is InChI=1S/C17H13Cl2N4O2S/c18-13-7-10(4-5-20-13)15-16(24)12-3-1-2-6-22(12)14(23(15)25)8-11-9-21-17(19)26-11/h1-7,9,14-15,25H,8H2/q+1. The number of halogens is 2. The molecule has 0 radical (unpaired) electrons. The van der Waals surface area contributed by atoms with Crippen LogP contribution in [0.5, 0.6) is 0 Å². The lowest BCUT2D eigenvalue weighted by Crippen LogP contribution is -2.59. The predicted octanol–water partition coefficient (Wildman–Crippen LogP) is 3.50. The van der Waals surface area contributed by atoms with Gasteiger partial charge in [0.2, 0.25) is 6.17 Å². The third kappa shape index (κ3) is 3.13. The molecule has 0 saturated carbocycles. The van der Waals surface area contributed by atoms with Crippen molar-refractivity contribution in [2.45, 2.75) is 18.6 Å². The highest BCUT2D eigenvalue weighted by atomic mass is 35.5. The summed E-state index contributed by atoms with van der Waals surface area (Å²) in [6.07, 6.45) is 4.94. The smallest absolute Gasteiger partial charge is 0.252 e. The highest BCUT2D eigenvalue weighted by molar-refractivity contribution is 7.15. The summed E-state index contributed by atoms with van der Waals surface area (Å²) in [7, 11) is 0. The molecule has 0 aromatic carbocycles. The number of ketones is 1. The molecule has 4 rings (SSSR count). The van der Waals surface area contributed by atoms with Crippen molar-refractivity contribution in [2.75, 3.05) is 0 Å². The molecule has 3 aromatic heterocycles. The van der Waals surface area contributed by atoms with Crippen molar-refractivity contribution in [1.29, 1.82) is 0 Å². The maximum atomic E-state index is 13.0. The normalized spacial score (nSPS) is 20.2. The monoisotopic (exact) mass is 407 g/mol. The average Bonchev–Trinajstić information content (AvgIpc) is 3.04. The largest absolute Gasteiger partial charge is 0.307 e. The Hall–Kier alpha value is -1.90. The second-order valence-electron chi connectivity index (χ2n) is 5.82. The number of carbonyl (C=O) groups excluding carboxylic acids is 1. The van der Waals surface area contributed by atoms with Crippen molar-refractivity contribution in [3.8, 4) is 0 Å².